The van der Waals surface area contributed by atoms with Crippen molar-refractivity contribution in [1.29, 1.82) is 0 Å². The molecule has 3 rings (SSSR count). The van der Waals surface area contributed by atoms with E-state index in [2.05, 4.69) is 10.2 Å². The molecular weight excluding hydrogens is 254 g/mol. The highest BCUT2D eigenvalue weighted by atomic mass is 16.6. The van der Waals surface area contributed by atoms with Gasteiger partial charge in [0.1, 0.15) is 0 Å². The van der Waals surface area contributed by atoms with Gasteiger partial charge in [0, 0.05) is 30.8 Å². The van der Waals surface area contributed by atoms with Crippen molar-refractivity contribution in [1.82, 2.24) is 10.2 Å². The Bertz CT molecular complexity index is 492. The molecule has 2 aliphatic heterocycles. The maximum Gasteiger partial charge on any atom is 0.272 e. The fourth-order valence-corrected chi connectivity index (χ4v) is 3.61. The molecule has 0 amide bonds. The van der Waals surface area contributed by atoms with E-state index in [1.807, 2.05) is 12.1 Å². The number of nitro groups is 1. The molecule has 2 heterocycles. The number of fused-ring (bicyclic) bond motifs is 1. The molecule has 5 nitrogen and oxygen atoms in total. The zero-order valence-corrected chi connectivity index (χ0v) is 11.6. The molecule has 2 atom stereocenters. The monoisotopic (exact) mass is 275 g/mol. The number of piperidine rings is 1. The third kappa shape index (κ3) is 2.69. The third-order valence-electron chi connectivity index (χ3n) is 4.65. The van der Waals surface area contributed by atoms with E-state index in [1.165, 1.54) is 12.8 Å². The summed E-state index contributed by atoms with van der Waals surface area (Å²) in [5, 5.41) is 14.5. The molecule has 0 bridgehead atoms. The van der Waals surface area contributed by atoms with Gasteiger partial charge in [-0.05, 0) is 38.3 Å². The Morgan fingerprint density at radius 3 is 3.05 bits per heavy atom. The van der Waals surface area contributed by atoms with E-state index in [-0.39, 0.29) is 10.6 Å². The van der Waals surface area contributed by atoms with Crippen LogP contribution in [0.15, 0.2) is 24.3 Å². The summed E-state index contributed by atoms with van der Waals surface area (Å²) in [6.07, 6.45) is 3.33. The van der Waals surface area contributed by atoms with Gasteiger partial charge >= 0.3 is 0 Å². The van der Waals surface area contributed by atoms with Crippen molar-refractivity contribution in [3.05, 3.63) is 39.9 Å². The number of hydrogen-bond acceptors (Lipinski definition) is 4. The predicted molar refractivity (Wildman–Crippen MR) is 77.8 cm³/mol. The van der Waals surface area contributed by atoms with E-state index >= 15 is 0 Å². The van der Waals surface area contributed by atoms with Gasteiger partial charge in [0.15, 0.2) is 0 Å². The first-order valence-electron chi connectivity index (χ1n) is 7.43. The molecule has 1 N–H and O–H groups in total. The van der Waals surface area contributed by atoms with E-state index in [9.17, 15) is 10.1 Å². The van der Waals surface area contributed by atoms with E-state index in [4.69, 9.17) is 0 Å². The fraction of sp³-hybridized carbons (Fsp3) is 0.600. The summed E-state index contributed by atoms with van der Waals surface area (Å²) in [5.74, 6) is 0.773. The van der Waals surface area contributed by atoms with Crippen molar-refractivity contribution in [3.8, 4) is 0 Å². The molecule has 108 valence electrons. The minimum Gasteiger partial charge on any atom is -0.315 e. The zero-order chi connectivity index (χ0) is 13.9. The first-order valence-corrected chi connectivity index (χ1v) is 7.43. The molecule has 5 heteroatoms. The minimum atomic E-state index is -0.272. The van der Waals surface area contributed by atoms with Crippen molar-refractivity contribution in [2.75, 3.05) is 26.2 Å². The van der Waals surface area contributed by atoms with Crippen molar-refractivity contribution in [2.45, 2.75) is 25.3 Å². The van der Waals surface area contributed by atoms with Crippen LogP contribution in [0.5, 0.6) is 0 Å². The molecule has 0 aliphatic carbocycles. The van der Waals surface area contributed by atoms with Crippen LogP contribution >= 0.6 is 0 Å². The molecule has 1 aromatic carbocycles. The molecular formula is C15H21N3O2. The first-order chi connectivity index (χ1) is 9.75. The second kappa shape index (κ2) is 5.89. The van der Waals surface area contributed by atoms with E-state index in [0.717, 1.165) is 44.1 Å². The smallest absolute Gasteiger partial charge is 0.272 e. The SMILES string of the molecule is O=[N+]([O-])c1ccccc1CCN1CCCC2CNCC21. The summed E-state index contributed by atoms with van der Waals surface area (Å²) < 4.78 is 0. The average molecular weight is 275 g/mol. The molecule has 2 aliphatic rings. The van der Waals surface area contributed by atoms with Crippen LogP contribution in [-0.4, -0.2) is 42.0 Å². The van der Waals surface area contributed by atoms with Gasteiger partial charge in [-0.25, -0.2) is 0 Å². The largest absolute Gasteiger partial charge is 0.315 e. The lowest BCUT2D eigenvalue weighted by molar-refractivity contribution is -0.385. The van der Waals surface area contributed by atoms with Crippen LogP contribution in [0.1, 0.15) is 18.4 Å². The van der Waals surface area contributed by atoms with Gasteiger partial charge in [-0.1, -0.05) is 18.2 Å². The van der Waals surface area contributed by atoms with Crippen LogP contribution in [0, 0.1) is 16.0 Å². The summed E-state index contributed by atoms with van der Waals surface area (Å²) >= 11 is 0. The number of hydrogen-bond donors (Lipinski definition) is 1. The van der Waals surface area contributed by atoms with Gasteiger partial charge < -0.3 is 5.32 Å². The molecule has 2 unspecified atom stereocenters. The third-order valence-corrected chi connectivity index (χ3v) is 4.65. The summed E-state index contributed by atoms with van der Waals surface area (Å²) in [6, 6.07) is 7.74. The highest BCUT2D eigenvalue weighted by Crippen LogP contribution is 2.27. The lowest BCUT2D eigenvalue weighted by Gasteiger charge is -2.37. The molecule has 0 saturated carbocycles. The standard InChI is InChI=1S/C15H21N3O2/c19-18(20)14-6-2-1-4-12(14)7-9-17-8-3-5-13-10-16-11-15(13)17/h1-2,4,6,13,15-16H,3,5,7-11H2. The van der Waals surface area contributed by atoms with E-state index in [1.54, 1.807) is 12.1 Å². The molecule has 2 saturated heterocycles. The molecule has 20 heavy (non-hydrogen) atoms. The predicted octanol–water partition coefficient (Wildman–Crippen LogP) is 1.82. The quantitative estimate of drug-likeness (QED) is 0.672. The van der Waals surface area contributed by atoms with Gasteiger partial charge in [-0.15, -0.1) is 0 Å². The van der Waals surface area contributed by atoms with Gasteiger partial charge in [-0.3, -0.25) is 15.0 Å². The van der Waals surface area contributed by atoms with Gasteiger partial charge in [0.25, 0.3) is 5.69 Å². The Kier molecular flexibility index (Phi) is 3.98. The fourth-order valence-electron chi connectivity index (χ4n) is 3.61. The Morgan fingerprint density at radius 2 is 2.20 bits per heavy atom. The van der Waals surface area contributed by atoms with Crippen LogP contribution in [0.3, 0.4) is 0 Å². The van der Waals surface area contributed by atoms with E-state index < -0.39 is 0 Å². The second-order valence-corrected chi connectivity index (χ2v) is 5.80. The maximum atomic E-state index is 11.0. The Hall–Kier alpha value is -1.46. The van der Waals surface area contributed by atoms with Crippen LogP contribution < -0.4 is 5.32 Å². The molecule has 0 radical (unpaired) electrons. The summed E-state index contributed by atoms with van der Waals surface area (Å²) in [6.45, 7) is 4.26. The number of nitro benzene ring substituents is 1. The van der Waals surface area contributed by atoms with E-state index in [0.29, 0.717) is 6.04 Å². The highest BCUT2D eigenvalue weighted by molar-refractivity contribution is 5.39. The Balaban J connectivity index is 1.66. The average Bonchev–Trinajstić information content (AvgIpc) is 2.94. The van der Waals surface area contributed by atoms with Crippen LogP contribution in [0.2, 0.25) is 0 Å². The topological polar surface area (TPSA) is 58.4 Å². The van der Waals surface area contributed by atoms with Gasteiger partial charge in [-0.2, -0.15) is 0 Å². The molecule has 0 spiro atoms. The first kappa shape index (κ1) is 13.5. The lowest BCUT2D eigenvalue weighted by Crippen LogP contribution is -2.45. The molecule has 0 aromatic heterocycles. The van der Waals surface area contributed by atoms with Crippen LogP contribution in [0.25, 0.3) is 0 Å². The second-order valence-electron chi connectivity index (χ2n) is 5.80. The van der Waals surface area contributed by atoms with Crippen molar-refractivity contribution >= 4 is 5.69 Å². The number of rotatable bonds is 4. The minimum absolute atomic E-state index is 0.255. The summed E-state index contributed by atoms with van der Waals surface area (Å²) in [7, 11) is 0. The van der Waals surface area contributed by atoms with Crippen LogP contribution in [0.4, 0.5) is 5.69 Å². The lowest BCUT2D eigenvalue weighted by atomic mass is 9.91. The highest BCUT2D eigenvalue weighted by Gasteiger charge is 2.34. The number of nitrogens with one attached hydrogen (secondary N) is 1. The number of likely N-dealkylation sites (tertiary alicyclic amines) is 1. The van der Waals surface area contributed by atoms with Gasteiger partial charge in [0.2, 0.25) is 0 Å². The number of nitrogens with zero attached hydrogens (tertiary/aromatic N) is 2. The summed E-state index contributed by atoms with van der Waals surface area (Å²) in [4.78, 5) is 13.3. The summed E-state index contributed by atoms with van der Waals surface area (Å²) in [5.41, 5.74) is 1.11. The van der Waals surface area contributed by atoms with Crippen molar-refractivity contribution < 1.29 is 4.92 Å². The van der Waals surface area contributed by atoms with Crippen molar-refractivity contribution in [3.63, 3.8) is 0 Å². The zero-order valence-electron chi connectivity index (χ0n) is 11.6. The number of benzene rings is 1. The normalized spacial score (nSPS) is 26.4. The number of para-hydroxylation sites is 1. The maximum absolute atomic E-state index is 11.0. The van der Waals surface area contributed by atoms with Crippen molar-refractivity contribution in [2.24, 2.45) is 5.92 Å². The molecule has 1 aromatic rings. The Labute approximate surface area is 119 Å². The molecule has 2 fully saturated rings. The van der Waals surface area contributed by atoms with Gasteiger partial charge in [0.05, 0.1) is 4.92 Å². The Morgan fingerprint density at radius 1 is 1.35 bits per heavy atom. The van der Waals surface area contributed by atoms with Crippen LogP contribution in [-0.2, 0) is 6.42 Å².